The first-order valence-corrected chi connectivity index (χ1v) is 15.0. The highest BCUT2D eigenvalue weighted by atomic mass is 16.2. The molecule has 5 rings (SSSR count). The maximum Gasteiger partial charge on any atom is 0.242 e. The van der Waals surface area contributed by atoms with Crippen LogP contribution in [0.4, 0.5) is 23.3 Å². The van der Waals surface area contributed by atoms with Crippen molar-refractivity contribution in [1.82, 2.24) is 25.3 Å². The number of carbonyl (C=O) groups is 1. The standard InChI is InChI=1S/C35H38N8O/c1-4-6-8-13-28-20-29(22-39-33(28)43-19-17-26(5-2)24-43)31-16-18-36-35(41-31)40-30-14-15-32(38-23-30)42-34(44)25(3)37-21-27-11-9-7-10-12-27/h5,7,9-12,14-16,18,20,22-23,25-26,37H,2,4,6,17,19,21,24H2,1,3H3,(H,36,40,41)(H,38,42,44). The van der Waals surface area contributed by atoms with Gasteiger partial charge in [0.2, 0.25) is 11.9 Å². The average molecular weight is 587 g/mol. The lowest BCUT2D eigenvalue weighted by Gasteiger charge is -2.19. The van der Waals surface area contributed by atoms with Crippen molar-refractivity contribution in [3.05, 3.63) is 97.0 Å². The normalized spacial score (nSPS) is 14.8. The van der Waals surface area contributed by atoms with Gasteiger partial charge < -0.3 is 20.9 Å². The van der Waals surface area contributed by atoms with Crippen LogP contribution in [0.3, 0.4) is 0 Å². The maximum absolute atomic E-state index is 12.6. The molecule has 1 saturated heterocycles. The second-order valence-electron chi connectivity index (χ2n) is 10.8. The Bertz CT molecular complexity index is 1630. The molecule has 1 aliphatic rings. The molecule has 1 aliphatic heterocycles. The van der Waals surface area contributed by atoms with Crippen LogP contribution in [-0.2, 0) is 11.3 Å². The van der Waals surface area contributed by atoms with Crippen molar-refractivity contribution in [1.29, 1.82) is 0 Å². The highest BCUT2D eigenvalue weighted by Gasteiger charge is 2.23. The first kappa shape index (κ1) is 30.4. The molecule has 4 aromatic rings. The summed E-state index contributed by atoms with van der Waals surface area (Å²) in [7, 11) is 0. The Morgan fingerprint density at radius 3 is 2.75 bits per heavy atom. The lowest BCUT2D eigenvalue weighted by molar-refractivity contribution is -0.117. The lowest BCUT2D eigenvalue weighted by atomic mass is 10.1. The maximum atomic E-state index is 12.6. The number of nitrogens with zero attached hydrogens (tertiary/aromatic N) is 5. The van der Waals surface area contributed by atoms with Gasteiger partial charge in [-0.3, -0.25) is 4.79 Å². The molecule has 1 fully saturated rings. The molecule has 1 amide bonds. The number of carbonyl (C=O) groups excluding carboxylic acids is 1. The Kier molecular flexibility index (Phi) is 10.3. The number of nitrogens with one attached hydrogen (secondary N) is 3. The van der Waals surface area contributed by atoms with Gasteiger partial charge in [-0.15, -0.1) is 6.58 Å². The Hall–Kier alpha value is -5.07. The molecule has 0 radical (unpaired) electrons. The molecule has 3 aromatic heterocycles. The van der Waals surface area contributed by atoms with Crippen molar-refractivity contribution in [2.75, 3.05) is 28.6 Å². The number of aromatic nitrogens is 4. The third kappa shape index (κ3) is 8.06. The number of hydrogen-bond donors (Lipinski definition) is 3. The molecule has 9 nitrogen and oxygen atoms in total. The molecule has 224 valence electrons. The molecule has 0 saturated carbocycles. The van der Waals surface area contributed by atoms with Crippen LogP contribution in [0, 0.1) is 17.8 Å². The average Bonchev–Trinajstić information content (AvgIpc) is 3.54. The molecule has 2 atom stereocenters. The summed E-state index contributed by atoms with van der Waals surface area (Å²) in [6.45, 7) is 10.4. The van der Waals surface area contributed by atoms with Crippen molar-refractivity contribution >= 4 is 29.2 Å². The zero-order chi connectivity index (χ0) is 30.7. The second-order valence-corrected chi connectivity index (χ2v) is 10.8. The van der Waals surface area contributed by atoms with Crippen LogP contribution in [0.25, 0.3) is 11.3 Å². The minimum atomic E-state index is -0.382. The molecule has 9 heteroatoms. The van der Waals surface area contributed by atoms with E-state index in [-0.39, 0.29) is 11.9 Å². The summed E-state index contributed by atoms with van der Waals surface area (Å²) in [5.41, 5.74) is 4.32. The van der Waals surface area contributed by atoms with E-state index >= 15 is 0 Å². The van der Waals surface area contributed by atoms with E-state index < -0.39 is 0 Å². The molecule has 4 heterocycles. The number of anilines is 4. The van der Waals surface area contributed by atoms with Gasteiger partial charge in [0.05, 0.1) is 29.2 Å². The van der Waals surface area contributed by atoms with E-state index in [0.29, 0.717) is 29.9 Å². The van der Waals surface area contributed by atoms with Gasteiger partial charge >= 0.3 is 0 Å². The lowest BCUT2D eigenvalue weighted by Crippen LogP contribution is -2.37. The molecular formula is C35H38N8O. The van der Waals surface area contributed by atoms with E-state index in [0.717, 1.165) is 60.6 Å². The molecule has 0 aliphatic carbocycles. The predicted octanol–water partition coefficient (Wildman–Crippen LogP) is 5.96. The summed E-state index contributed by atoms with van der Waals surface area (Å²) < 4.78 is 0. The van der Waals surface area contributed by atoms with Gasteiger partial charge in [0.1, 0.15) is 11.6 Å². The summed E-state index contributed by atoms with van der Waals surface area (Å²) >= 11 is 0. The van der Waals surface area contributed by atoms with E-state index in [1.807, 2.05) is 61.7 Å². The van der Waals surface area contributed by atoms with Gasteiger partial charge in [0.25, 0.3) is 0 Å². The van der Waals surface area contributed by atoms with E-state index in [1.54, 1.807) is 18.5 Å². The zero-order valence-electron chi connectivity index (χ0n) is 25.3. The van der Waals surface area contributed by atoms with Gasteiger partial charge in [-0.1, -0.05) is 55.2 Å². The first-order valence-electron chi connectivity index (χ1n) is 15.0. The fourth-order valence-electron chi connectivity index (χ4n) is 4.84. The van der Waals surface area contributed by atoms with Crippen LogP contribution in [0.15, 0.2) is 85.8 Å². The van der Waals surface area contributed by atoms with E-state index in [1.165, 1.54) is 0 Å². The summed E-state index contributed by atoms with van der Waals surface area (Å²) in [6.07, 6.45) is 10.1. The quantitative estimate of drug-likeness (QED) is 0.146. The Morgan fingerprint density at radius 2 is 2.00 bits per heavy atom. The molecule has 0 spiro atoms. The SMILES string of the molecule is C=CC1CCN(c2ncc(-c3ccnc(Nc4ccc(NC(=O)C(C)NCc5ccccc5)nc4)n3)cc2C#CCCC)C1. The van der Waals surface area contributed by atoms with Crippen LogP contribution in [0.5, 0.6) is 0 Å². The summed E-state index contributed by atoms with van der Waals surface area (Å²) in [5.74, 6) is 8.73. The molecule has 1 aromatic carbocycles. The topological polar surface area (TPSA) is 108 Å². The van der Waals surface area contributed by atoms with E-state index in [2.05, 4.69) is 62.2 Å². The van der Waals surface area contributed by atoms with Crippen molar-refractivity contribution in [3.63, 3.8) is 0 Å². The Morgan fingerprint density at radius 1 is 1.14 bits per heavy atom. The van der Waals surface area contributed by atoms with Crippen molar-refractivity contribution < 1.29 is 4.79 Å². The summed E-state index contributed by atoms with van der Waals surface area (Å²) in [6, 6.07) is 17.1. The van der Waals surface area contributed by atoms with Gasteiger partial charge in [-0.25, -0.2) is 19.9 Å². The molecule has 0 bridgehead atoms. The second kappa shape index (κ2) is 14.9. The van der Waals surface area contributed by atoms with Crippen LogP contribution in [0.1, 0.15) is 44.2 Å². The van der Waals surface area contributed by atoms with Gasteiger partial charge in [0.15, 0.2) is 0 Å². The minimum Gasteiger partial charge on any atom is -0.355 e. The van der Waals surface area contributed by atoms with Crippen LogP contribution < -0.4 is 20.9 Å². The highest BCUT2D eigenvalue weighted by molar-refractivity contribution is 5.93. The Balaban J connectivity index is 1.24. The third-order valence-corrected chi connectivity index (χ3v) is 7.39. The molecule has 2 unspecified atom stereocenters. The minimum absolute atomic E-state index is 0.159. The fraction of sp³-hybridized carbons (Fsp3) is 0.286. The largest absolute Gasteiger partial charge is 0.355 e. The monoisotopic (exact) mass is 586 g/mol. The van der Waals surface area contributed by atoms with Crippen LogP contribution in [-0.4, -0.2) is 45.0 Å². The van der Waals surface area contributed by atoms with Crippen molar-refractivity contribution in [2.24, 2.45) is 5.92 Å². The summed E-state index contributed by atoms with van der Waals surface area (Å²) in [5, 5.41) is 9.29. The highest BCUT2D eigenvalue weighted by Crippen LogP contribution is 2.29. The van der Waals surface area contributed by atoms with Crippen molar-refractivity contribution in [3.8, 4) is 23.1 Å². The number of amides is 1. The van der Waals surface area contributed by atoms with E-state index in [9.17, 15) is 4.79 Å². The number of pyridine rings is 2. The predicted molar refractivity (Wildman–Crippen MR) is 176 cm³/mol. The summed E-state index contributed by atoms with van der Waals surface area (Å²) in [4.78, 5) is 33.3. The number of unbranched alkanes of at least 4 members (excludes halogenated alkanes) is 1. The van der Waals surface area contributed by atoms with Crippen LogP contribution in [0.2, 0.25) is 0 Å². The molecule has 3 N–H and O–H groups in total. The Labute approximate surface area is 259 Å². The third-order valence-electron chi connectivity index (χ3n) is 7.39. The van der Waals surface area contributed by atoms with Gasteiger partial charge in [-0.05, 0) is 55.5 Å². The van der Waals surface area contributed by atoms with Gasteiger partial charge in [0, 0.05) is 44.0 Å². The fourth-order valence-corrected chi connectivity index (χ4v) is 4.84. The van der Waals surface area contributed by atoms with Crippen molar-refractivity contribution in [2.45, 2.75) is 45.7 Å². The first-order chi connectivity index (χ1) is 21.5. The smallest absolute Gasteiger partial charge is 0.242 e. The molecular weight excluding hydrogens is 548 g/mol. The zero-order valence-corrected chi connectivity index (χ0v) is 25.3. The van der Waals surface area contributed by atoms with E-state index in [4.69, 9.17) is 9.97 Å². The number of rotatable bonds is 11. The molecule has 44 heavy (non-hydrogen) atoms. The van der Waals surface area contributed by atoms with Crippen LogP contribution >= 0.6 is 0 Å². The van der Waals surface area contributed by atoms with Gasteiger partial charge in [-0.2, -0.15) is 0 Å². The number of hydrogen-bond acceptors (Lipinski definition) is 8. The number of benzene rings is 1.